The molecule has 0 saturated heterocycles. The number of benzene rings is 2. The molecule has 3 aromatic rings. The number of anilines is 3. The van der Waals surface area contributed by atoms with Crippen molar-refractivity contribution in [3.63, 3.8) is 0 Å². The van der Waals surface area contributed by atoms with Crippen LogP contribution < -0.4 is 10.6 Å². The quantitative estimate of drug-likeness (QED) is 0.257. The van der Waals surface area contributed by atoms with Gasteiger partial charge >= 0.3 is 6.18 Å². The number of aromatic nitrogens is 2. The Morgan fingerprint density at radius 2 is 1.94 bits per heavy atom. The van der Waals surface area contributed by atoms with E-state index in [1.165, 1.54) is 11.3 Å². The maximum absolute atomic E-state index is 13.2. The Morgan fingerprint density at radius 3 is 2.62 bits per heavy atom. The maximum atomic E-state index is 13.2. The predicted octanol–water partition coefficient (Wildman–Crippen LogP) is 5.56. The molecule has 13 heteroatoms. The number of nitrogens with zero attached hydrogens (tertiary/aromatic N) is 3. The van der Waals surface area contributed by atoms with Gasteiger partial charge in [-0.05, 0) is 37.1 Å². The lowest BCUT2D eigenvalue weighted by atomic mass is 10.1. The summed E-state index contributed by atoms with van der Waals surface area (Å²) in [6.45, 7) is 3.95. The summed E-state index contributed by atoms with van der Waals surface area (Å²) in [5.74, 6) is -0.930. The van der Waals surface area contributed by atoms with Gasteiger partial charge in [0.05, 0.1) is 21.9 Å². The van der Waals surface area contributed by atoms with Gasteiger partial charge in [0.25, 0.3) is 5.69 Å². The van der Waals surface area contributed by atoms with Crippen molar-refractivity contribution in [2.75, 3.05) is 16.4 Å². The van der Waals surface area contributed by atoms with Crippen molar-refractivity contribution in [2.24, 2.45) is 0 Å². The number of nitro groups is 1. The van der Waals surface area contributed by atoms with Gasteiger partial charge in [-0.3, -0.25) is 14.9 Å². The van der Waals surface area contributed by atoms with Crippen LogP contribution in [0.5, 0.6) is 0 Å². The monoisotopic (exact) mass is 483 g/mol. The van der Waals surface area contributed by atoms with E-state index in [2.05, 4.69) is 20.8 Å². The van der Waals surface area contributed by atoms with Crippen molar-refractivity contribution < 1.29 is 22.9 Å². The lowest BCUT2D eigenvalue weighted by Gasteiger charge is -2.13. The minimum absolute atomic E-state index is 0.216. The van der Waals surface area contributed by atoms with Crippen LogP contribution in [-0.4, -0.2) is 26.8 Å². The molecule has 0 spiro atoms. The Morgan fingerprint density at radius 1 is 1.19 bits per heavy atom. The van der Waals surface area contributed by atoms with Crippen LogP contribution in [0.25, 0.3) is 0 Å². The number of thioether (sulfide) groups is 1. The summed E-state index contributed by atoms with van der Waals surface area (Å²) in [5, 5.41) is 24.5. The zero-order valence-electron chi connectivity index (χ0n) is 16.7. The minimum atomic E-state index is -4.87. The van der Waals surface area contributed by atoms with E-state index in [1.54, 1.807) is 0 Å². The second-order valence-electron chi connectivity index (χ2n) is 6.57. The van der Waals surface area contributed by atoms with Crippen LogP contribution in [0.1, 0.15) is 16.7 Å². The van der Waals surface area contributed by atoms with E-state index in [0.29, 0.717) is 15.5 Å². The van der Waals surface area contributed by atoms with Crippen LogP contribution in [0, 0.1) is 24.0 Å². The molecule has 32 heavy (non-hydrogen) atoms. The molecule has 1 heterocycles. The first-order valence-corrected chi connectivity index (χ1v) is 10.8. The van der Waals surface area contributed by atoms with Gasteiger partial charge < -0.3 is 10.6 Å². The van der Waals surface area contributed by atoms with Gasteiger partial charge in [0, 0.05) is 17.8 Å². The smallest absolute Gasteiger partial charge is 0.330 e. The minimum Gasteiger partial charge on any atom is -0.330 e. The fraction of sp³-hybridized carbons (Fsp3) is 0.211. The summed E-state index contributed by atoms with van der Waals surface area (Å²) in [4.78, 5) is 22.0. The van der Waals surface area contributed by atoms with Crippen LogP contribution in [0.15, 0.2) is 40.7 Å². The fourth-order valence-corrected chi connectivity index (χ4v) is 4.19. The molecule has 0 saturated carbocycles. The summed E-state index contributed by atoms with van der Waals surface area (Å²) in [6.07, 6.45) is -4.87. The van der Waals surface area contributed by atoms with Crippen molar-refractivity contribution in [3.8, 4) is 0 Å². The van der Waals surface area contributed by atoms with Crippen molar-refractivity contribution in [1.82, 2.24) is 10.2 Å². The van der Waals surface area contributed by atoms with E-state index in [-0.39, 0.29) is 5.75 Å². The van der Waals surface area contributed by atoms with E-state index in [1.807, 2.05) is 32.0 Å². The van der Waals surface area contributed by atoms with E-state index < -0.39 is 33.9 Å². The van der Waals surface area contributed by atoms with Crippen LogP contribution in [0.2, 0.25) is 0 Å². The number of alkyl halides is 3. The topological polar surface area (TPSA) is 110 Å². The molecule has 0 aliphatic heterocycles. The third-order valence-corrected chi connectivity index (χ3v) is 6.34. The average Bonchev–Trinajstić information content (AvgIpc) is 3.16. The molecule has 0 unspecified atom stereocenters. The molecule has 8 nitrogen and oxygen atoms in total. The number of carbonyl (C=O) groups excluding carboxylic acids is 1. The molecule has 0 bridgehead atoms. The third kappa shape index (κ3) is 5.73. The molecular formula is C19H16F3N5O3S2. The summed E-state index contributed by atoms with van der Waals surface area (Å²) < 4.78 is 40.1. The van der Waals surface area contributed by atoms with E-state index >= 15 is 0 Å². The normalized spacial score (nSPS) is 11.3. The first-order valence-electron chi connectivity index (χ1n) is 8.99. The highest BCUT2D eigenvalue weighted by molar-refractivity contribution is 8.01. The SMILES string of the molecule is Cc1cccc(Nc2nnc(SCC(=O)Nc3ccc([N+](=O)[O-])cc3C(F)(F)F)s2)c1C. The number of aryl methyl sites for hydroxylation is 1. The highest BCUT2D eigenvalue weighted by atomic mass is 32.2. The van der Waals surface area contributed by atoms with Gasteiger partial charge in [-0.2, -0.15) is 13.2 Å². The molecular weight excluding hydrogens is 467 g/mol. The van der Waals surface area contributed by atoms with Crippen molar-refractivity contribution in [2.45, 2.75) is 24.4 Å². The van der Waals surface area contributed by atoms with Crippen molar-refractivity contribution >= 4 is 51.2 Å². The molecule has 0 aliphatic carbocycles. The lowest BCUT2D eigenvalue weighted by molar-refractivity contribution is -0.385. The number of hydrogen-bond donors (Lipinski definition) is 2. The summed E-state index contributed by atoms with van der Waals surface area (Å²) >= 11 is 2.21. The average molecular weight is 483 g/mol. The zero-order chi connectivity index (χ0) is 23.5. The van der Waals surface area contributed by atoms with Gasteiger partial charge in [0.1, 0.15) is 0 Å². The zero-order valence-corrected chi connectivity index (χ0v) is 18.3. The Kier molecular flexibility index (Phi) is 6.99. The highest BCUT2D eigenvalue weighted by Crippen LogP contribution is 2.37. The van der Waals surface area contributed by atoms with Crippen LogP contribution >= 0.6 is 23.1 Å². The largest absolute Gasteiger partial charge is 0.418 e. The second-order valence-corrected chi connectivity index (χ2v) is 8.77. The second kappa shape index (κ2) is 9.53. The van der Waals surface area contributed by atoms with Crippen LogP contribution in [0.4, 0.5) is 35.4 Å². The summed E-state index contributed by atoms with van der Waals surface area (Å²) in [5.41, 5.74) is 0.468. The Labute approximate surface area is 188 Å². The van der Waals surface area contributed by atoms with Gasteiger partial charge in [0.15, 0.2) is 4.34 Å². The lowest BCUT2D eigenvalue weighted by Crippen LogP contribution is -2.18. The summed E-state index contributed by atoms with van der Waals surface area (Å²) in [6, 6.07) is 7.93. The first-order chi connectivity index (χ1) is 15.0. The molecule has 1 amide bonds. The molecule has 0 atom stereocenters. The van der Waals surface area contributed by atoms with Gasteiger partial charge in [0.2, 0.25) is 11.0 Å². The molecule has 1 aromatic heterocycles. The van der Waals surface area contributed by atoms with E-state index in [9.17, 15) is 28.1 Å². The molecule has 0 radical (unpaired) electrons. The summed E-state index contributed by atoms with van der Waals surface area (Å²) in [7, 11) is 0. The Bertz CT molecular complexity index is 1170. The maximum Gasteiger partial charge on any atom is 0.418 e. The fourth-order valence-electron chi connectivity index (χ4n) is 2.62. The first kappa shape index (κ1) is 23.5. The number of nitrogens with one attached hydrogen (secondary N) is 2. The molecule has 0 aliphatic rings. The number of hydrogen-bond acceptors (Lipinski definition) is 8. The third-order valence-electron chi connectivity index (χ3n) is 4.37. The molecule has 0 fully saturated rings. The van der Waals surface area contributed by atoms with Gasteiger partial charge in [-0.15, -0.1) is 10.2 Å². The molecule has 3 rings (SSSR count). The van der Waals surface area contributed by atoms with Crippen LogP contribution in [0.3, 0.4) is 0 Å². The number of halogens is 3. The van der Waals surface area contributed by atoms with Gasteiger partial charge in [-0.25, -0.2) is 0 Å². The van der Waals surface area contributed by atoms with E-state index in [4.69, 9.17) is 0 Å². The number of nitro benzene ring substituents is 1. The van der Waals surface area contributed by atoms with E-state index in [0.717, 1.165) is 40.7 Å². The Hall–Kier alpha value is -3.19. The molecule has 2 N–H and O–H groups in total. The predicted molar refractivity (Wildman–Crippen MR) is 117 cm³/mol. The number of carbonyl (C=O) groups is 1. The number of amides is 1. The number of rotatable bonds is 7. The van der Waals surface area contributed by atoms with Crippen molar-refractivity contribution in [1.29, 1.82) is 0 Å². The molecule has 2 aromatic carbocycles. The standard InChI is InChI=1S/C19H16F3N5O3S2/c1-10-4-3-5-14(11(10)2)24-17-25-26-18(32-17)31-9-16(28)23-15-7-6-12(27(29)30)8-13(15)19(20,21)22/h3-8H,9H2,1-2H3,(H,23,28)(H,24,25). The Balaban J connectivity index is 1.63. The van der Waals surface area contributed by atoms with Gasteiger partial charge in [-0.1, -0.05) is 35.2 Å². The van der Waals surface area contributed by atoms with Crippen LogP contribution in [-0.2, 0) is 11.0 Å². The van der Waals surface area contributed by atoms with Crippen molar-refractivity contribution in [3.05, 3.63) is 63.2 Å². The molecule has 168 valence electrons. The highest BCUT2D eigenvalue weighted by Gasteiger charge is 2.35. The number of non-ortho nitro benzene ring substituents is 1.